The molecule has 4 N–H and O–H groups in total. The molecule has 1 aliphatic rings. The Labute approximate surface area is 233 Å². The number of amides is 3. The first-order valence-electron chi connectivity index (χ1n) is 12.2. The molecule has 0 saturated carbocycles. The first-order chi connectivity index (χ1) is 19.2. The lowest BCUT2D eigenvalue weighted by Gasteiger charge is -2.29. The molecule has 0 atom stereocenters. The van der Waals surface area contributed by atoms with Gasteiger partial charge in [0.05, 0.1) is 6.42 Å². The second kappa shape index (κ2) is 12.9. The molecule has 1 aliphatic heterocycles. The molecule has 0 spiro atoms. The molecule has 2 heterocycles. The van der Waals surface area contributed by atoms with Gasteiger partial charge in [-0.3, -0.25) is 9.59 Å². The van der Waals surface area contributed by atoms with Gasteiger partial charge < -0.3 is 30.7 Å². The predicted octanol–water partition coefficient (Wildman–Crippen LogP) is 4.54. The fourth-order valence-corrected chi connectivity index (χ4v) is 4.25. The Morgan fingerprint density at radius 3 is 2.42 bits per heavy atom. The van der Waals surface area contributed by atoms with Crippen molar-refractivity contribution in [2.45, 2.75) is 19.3 Å². The van der Waals surface area contributed by atoms with Crippen molar-refractivity contribution in [2.75, 3.05) is 23.7 Å². The Bertz CT molecular complexity index is 1410. The summed E-state index contributed by atoms with van der Waals surface area (Å²) in [5, 5.41) is 16.9. The van der Waals surface area contributed by atoms with Crippen LogP contribution in [0.25, 0.3) is 0 Å². The highest BCUT2D eigenvalue weighted by molar-refractivity contribution is 7.80. The van der Waals surface area contributed by atoms with E-state index in [-0.39, 0.29) is 59.5 Å². The highest BCUT2D eigenvalue weighted by Gasteiger charge is 2.27. The summed E-state index contributed by atoms with van der Waals surface area (Å²) in [5.74, 6) is -1.82. The highest BCUT2D eigenvalue weighted by Crippen LogP contribution is 2.28. The number of rotatable bonds is 7. The number of nitrogens with one attached hydrogen (secondary N) is 3. The van der Waals surface area contributed by atoms with Crippen molar-refractivity contribution in [3.8, 4) is 11.5 Å². The van der Waals surface area contributed by atoms with Crippen LogP contribution in [0.15, 0.2) is 60.8 Å². The van der Waals surface area contributed by atoms with E-state index in [2.05, 4.69) is 20.9 Å². The number of piperidine rings is 1. The maximum Gasteiger partial charge on any atom is 0.407 e. The lowest BCUT2D eigenvalue weighted by Crippen LogP contribution is -2.40. The summed E-state index contributed by atoms with van der Waals surface area (Å²) >= 11 is 5.12. The highest BCUT2D eigenvalue weighted by atomic mass is 32.1. The van der Waals surface area contributed by atoms with E-state index in [1.807, 2.05) is 0 Å². The number of likely N-dealkylation sites (tertiary alicyclic amines) is 1. The largest absolute Gasteiger partial charge is 0.465 e. The third-order valence-corrected chi connectivity index (χ3v) is 6.27. The molecule has 208 valence electrons. The minimum Gasteiger partial charge on any atom is -0.465 e. The zero-order valence-electron chi connectivity index (χ0n) is 21.0. The lowest BCUT2D eigenvalue weighted by molar-refractivity contribution is -0.121. The topological polar surface area (TPSA) is 133 Å². The van der Waals surface area contributed by atoms with Gasteiger partial charge in [0.2, 0.25) is 11.8 Å². The molecule has 4 rings (SSSR count). The molecule has 0 radical (unpaired) electrons. The number of nitrogens with zero attached hydrogens (tertiary/aromatic N) is 2. The maximum atomic E-state index is 14.8. The molecule has 0 aliphatic carbocycles. The van der Waals surface area contributed by atoms with Crippen molar-refractivity contribution in [3.63, 3.8) is 0 Å². The zero-order chi connectivity index (χ0) is 28.6. The molecule has 13 heteroatoms. The molecule has 40 heavy (non-hydrogen) atoms. The summed E-state index contributed by atoms with van der Waals surface area (Å²) < 4.78 is 33.4. The smallest absolute Gasteiger partial charge is 0.407 e. The lowest BCUT2D eigenvalue weighted by atomic mass is 9.96. The first kappa shape index (κ1) is 28.4. The fraction of sp³-hybridized carbons (Fsp3) is 0.222. The minimum atomic E-state index is -1.01. The van der Waals surface area contributed by atoms with Crippen molar-refractivity contribution in [3.05, 3.63) is 78.0 Å². The number of hydrogen-bond donors (Lipinski definition) is 4. The van der Waals surface area contributed by atoms with Crippen LogP contribution in [-0.4, -0.2) is 51.1 Å². The van der Waals surface area contributed by atoms with Crippen LogP contribution >= 0.6 is 12.2 Å². The third kappa shape index (κ3) is 7.93. The third-order valence-electron chi connectivity index (χ3n) is 6.07. The first-order valence-corrected chi connectivity index (χ1v) is 12.6. The molecule has 0 unspecified atom stereocenters. The summed E-state index contributed by atoms with van der Waals surface area (Å²) in [6.07, 6.45) is 1.19. The van der Waals surface area contributed by atoms with Crippen molar-refractivity contribution < 1.29 is 33.0 Å². The van der Waals surface area contributed by atoms with Gasteiger partial charge >= 0.3 is 6.09 Å². The molecular formula is C27H25F2N5O5S. The van der Waals surface area contributed by atoms with Crippen LogP contribution in [0, 0.1) is 17.6 Å². The number of pyridine rings is 1. The average Bonchev–Trinajstić information content (AvgIpc) is 2.91. The number of benzene rings is 2. The summed E-state index contributed by atoms with van der Waals surface area (Å²) in [6, 6.07) is 12.5. The van der Waals surface area contributed by atoms with Crippen LogP contribution in [0.2, 0.25) is 0 Å². The SMILES string of the molecule is O=C(Cc1ccc(F)cc1)NC(=S)Nc1ccc(Oc2ccnc(NC(=O)C3CCN(C(=O)O)CC3)c2)c(F)c1. The number of ether oxygens (including phenoxy) is 1. The number of anilines is 2. The van der Waals surface area contributed by atoms with Gasteiger partial charge in [-0.25, -0.2) is 18.6 Å². The van der Waals surface area contributed by atoms with E-state index in [9.17, 15) is 23.2 Å². The van der Waals surface area contributed by atoms with Crippen LogP contribution in [0.5, 0.6) is 11.5 Å². The number of aromatic nitrogens is 1. The number of hydrogen-bond acceptors (Lipinski definition) is 6. The second-order valence-electron chi connectivity index (χ2n) is 8.96. The van der Waals surface area contributed by atoms with Gasteiger partial charge in [-0.1, -0.05) is 12.1 Å². The number of halogens is 2. The summed E-state index contributed by atoms with van der Waals surface area (Å²) in [7, 11) is 0. The van der Waals surface area contributed by atoms with Crippen LogP contribution in [0.1, 0.15) is 18.4 Å². The van der Waals surface area contributed by atoms with Gasteiger partial charge in [-0.15, -0.1) is 0 Å². The monoisotopic (exact) mass is 569 g/mol. The van der Waals surface area contributed by atoms with Gasteiger partial charge in [0.1, 0.15) is 17.4 Å². The molecule has 1 fully saturated rings. The van der Waals surface area contributed by atoms with Gasteiger partial charge in [0.25, 0.3) is 0 Å². The van der Waals surface area contributed by atoms with E-state index < -0.39 is 23.6 Å². The van der Waals surface area contributed by atoms with Crippen molar-refractivity contribution in [1.82, 2.24) is 15.2 Å². The van der Waals surface area contributed by atoms with E-state index in [0.29, 0.717) is 18.4 Å². The van der Waals surface area contributed by atoms with Crippen LogP contribution in [0.3, 0.4) is 0 Å². The van der Waals surface area contributed by atoms with Crippen LogP contribution < -0.4 is 20.7 Å². The normalized spacial score (nSPS) is 13.3. The summed E-state index contributed by atoms with van der Waals surface area (Å²) in [6.45, 7) is 0.558. The molecule has 0 bridgehead atoms. The van der Waals surface area contributed by atoms with E-state index in [4.69, 9.17) is 22.1 Å². The minimum absolute atomic E-state index is 0.0123. The molecule has 2 aromatic carbocycles. The molecule has 1 saturated heterocycles. The Morgan fingerprint density at radius 1 is 1.02 bits per heavy atom. The molecule has 1 aromatic heterocycles. The molecule has 10 nitrogen and oxygen atoms in total. The van der Waals surface area contributed by atoms with Crippen molar-refractivity contribution in [2.24, 2.45) is 5.92 Å². The quantitative estimate of drug-likeness (QED) is 0.305. The Kier molecular flexibility index (Phi) is 9.17. The Morgan fingerprint density at radius 2 is 1.75 bits per heavy atom. The number of carbonyl (C=O) groups is 3. The number of carboxylic acid groups (broad SMARTS) is 1. The van der Waals surface area contributed by atoms with Crippen molar-refractivity contribution in [1.29, 1.82) is 0 Å². The van der Waals surface area contributed by atoms with Gasteiger partial charge in [-0.2, -0.15) is 0 Å². The second-order valence-corrected chi connectivity index (χ2v) is 9.37. The van der Waals surface area contributed by atoms with E-state index in [0.717, 1.165) is 6.07 Å². The maximum absolute atomic E-state index is 14.8. The van der Waals surface area contributed by atoms with Gasteiger partial charge in [0.15, 0.2) is 16.7 Å². The standard InChI is InChI=1S/C27H25F2N5O5S/c28-18-3-1-16(2-4-18)13-24(35)33-26(40)31-19-5-6-22(21(29)14-19)39-20-7-10-30-23(15-20)32-25(36)17-8-11-34(12-9-17)27(37)38/h1-7,10,14-15,17H,8-9,11-13H2,(H,37,38)(H,30,32,36)(H2,31,33,35,40). The van der Waals surface area contributed by atoms with E-state index in [1.165, 1.54) is 59.6 Å². The van der Waals surface area contributed by atoms with Crippen molar-refractivity contribution >= 4 is 46.7 Å². The predicted molar refractivity (Wildman–Crippen MR) is 146 cm³/mol. The molecular weight excluding hydrogens is 544 g/mol. The van der Waals surface area contributed by atoms with Gasteiger partial charge in [-0.05, 0) is 61.0 Å². The fourth-order valence-electron chi connectivity index (χ4n) is 4.01. The summed E-state index contributed by atoms with van der Waals surface area (Å²) in [4.78, 5) is 41.2. The Balaban J connectivity index is 1.29. The molecule has 3 amide bonds. The Hall–Kier alpha value is -4.65. The average molecular weight is 570 g/mol. The molecule has 3 aromatic rings. The number of carbonyl (C=O) groups excluding carboxylic acids is 2. The van der Waals surface area contributed by atoms with E-state index in [1.54, 1.807) is 0 Å². The van der Waals surface area contributed by atoms with Crippen LogP contribution in [-0.2, 0) is 16.0 Å². The zero-order valence-corrected chi connectivity index (χ0v) is 21.8. The summed E-state index contributed by atoms with van der Waals surface area (Å²) in [5.41, 5.74) is 0.878. The number of thiocarbonyl (C=S) groups is 1. The van der Waals surface area contributed by atoms with Crippen LogP contribution in [0.4, 0.5) is 25.1 Å². The van der Waals surface area contributed by atoms with E-state index >= 15 is 0 Å². The van der Waals surface area contributed by atoms with Gasteiger partial charge in [0, 0.05) is 43.0 Å².